The van der Waals surface area contributed by atoms with E-state index < -0.39 is 12.1 Å². The van der Waals surface area contributed by atoms with Crippen LogP contribution >= 0.6 is 11.6 Å². The Morgan fingerprint density at radius 2 is 2.06 bits per heavy atom. The lowest BCUT2D eigenvalue weighted by atomic mass is 10.2. The van der Waals surface area contributed by atoms with Gasteiger partial charge in [0.15, 0.2) is 0 Å². The molecule has 18 heavy (non-hydrogen) atoms. The first kappa shape index (κ1) is 12.6. The molecule has 1 heterocycles. The van der Waals surface area contributed by atoms with Gasteiger partial charge in [0.1, 0.15) is 22.7 Å². The molecule has 1 aliphatic rings. The van der Waals surface area contributed by atoms with Crippen molar-refractivity contribution in [3.63, 3.8) is 0 Å². The number of carbonyl (C=O) groups is 2. The molecule has 0 unspecified atom stereocenters. The standard InChI is InChI=1S/C13H11ClO4/c1-8(15)7-10-11(14)12(13(16)18-10)17-9-5-3-2-4-6-9/h2-6,10H,7H2,1H3/t10-/m0/s1. The molecule has 5 heteroatoms. The van der Waals surface area contributed by atoms with Crippen LogP contribution in [0.2, 0.25) is 0 Å². The lowest BCUT2D eigenvalue weighted by Gasteiger charge is -2.05. The minimum atomic E-state index is -0.727. The van der Waals surface area contributed by atoms with E-state index in [1.54, 1.807) is 24.3 Å². The summed E-state index contributed by atoms with van der Waals surface area (Å²) < 4.78 is 10.4. The van der Waals surface area contributed by atoms with Crippen LogP contribution in [0.5, 0.6) is 5.75 Å². The second-order valence-corrected chi connectivity index (χ2v) is 4.30. The van der Waals surface area contributed by atoms with Crippen LogP contribution < -0.4 is 4.74 Å². The predicted octanol–water partition coefficient (Wildman–Crippen LogP) is 2.42. The Kier molecular flexibility index (Phi) is 3.67. The van der Waals surface area contributed by atoms with Gasteiger partial charge < -0.3 is 9.47 Å². The van der Waals surface area contributed by atoms with Crippen molar-refractivity contribution >= 4 is 23.4 Å². The van der Waals surface area contributed by atoms with Crippen molar-refractivity contribution in [1.29, 1.82) is 0 Å². The maximum absolute atomic E-state index is 11.6. The van der Waals surface area contributed by atoms with Gasteiger partial charge >= 0.3 is 5.97 Å². The van der Waals surface area contributed by atoms with Crippen LogP contribution in [0, 0.1) is 0 Å². The number of ketones is 1. The number of halogens is 1. The zero-order chi connectivity index (χ0) is 13.1. The van der Waals surface area contributed by atoms with Gasteiger partial charge in [-0.25, -0.2) is 4.79 Å². The van der Waals surface area contributed by atoms with E-state index in [0.717, 1.165) is 0 Å². The number of rotatable bonds is 4. The Morgan fingerprint density at radius 1 is 1.39 bits per heavy atom. The highest BCUT2D eigenvalue weighted by molar-refractivity contribution is 6.33. The minimum Gasteiger partial charge on any atom is -0.450 e. The number of ether oxygens (including phenoxy) is 2. The molecule has 0 spiro atoms. The van der Waals surface area contributed by atoms with Crippen molar-refractivity contribution in [3.05, 3.63) is 41.1 Å². The van der Waals surface area contributed by atoms with E-state index in [1.165, 1.54) is 6.92 Å². The Morgan fingerprint density at radius 3 is 2.67 bits per heavy atom. The molecule has 1 aliphatic heterocycles. The topological polar surface area (TPSA) is 52.6 Å². The number of Topliss-reactive ketones (excluding diaryl/α,β-unsaturated/α-hetero) is 1. The van der Waals surface area contributed by atoms with Crippen molar-refractivity contribution in [2.45, 2.75) is 19.4 Å². The second-order valence-electron chi connectivity index (χ2n) is 3.89. The van der Waals surface area contributed by atoms with Crippen LogP contribution in [0.4, 0.5) is 0 Å². The summed E-state index contributed by atoms with van der Waals surface area (Å²) in [6, 6.07) is 8.77. The van der Waals surface area contributed by atoms with Gasteiger partial charge in [0.05, 0.1) is 0 Å². The molecular weight excluding hydrogens is 256 g/mol. The van der Waals surface area contributed by atoms with Gasteiger partial charge in [-0.3, -0.25) is 4.79 Å². The predicted molar refractivity (Wildman–Crippen MR) is 65.1 cm³/mol. The smallest absolute Gasteiger partial charge is 0.376 e. The third-order valence-corrected chi connectivity index (χ3v) is 2.79. The van der Waals surface area contributed by atoms with Crippen LogP contribution in [0.15, 0.2) is 41.1 Å². The van der Waals surface area contributed by atoms with E-state index >= 15 is 0 Å². The van der Waals surface area contributed by atoms with E-state index in [4.69, 9.17) is 21.1 Å². The minimum absolute atomic E-state index is 0.0471. The molecule has 1 aromatic carbocycles. The first-order valence-electron chi connectivity index (χ1n) is 5.41. The number of hydrogen-bond donors (Lipinski definition) is 0. The van der Waals surface area contributed by atoms with Crippen molar-refractivity contribution in [3.8, 4) is 5.75 Å². The molecule has 0 bridgehead atoms. The lowest BCUT2D eigenvalue weighted by molar-refractivity contribution is -0.142. The number of carbonyl (C=O) groups excluding carboxylic acids is 2. The average molecular weight is 267 g/mol. The molecule has 2 rings (SSSR count). The summed E-state index contributed by atoms with van der Waals surface area (Å²) in [6.45, 7) is 1.41. The SMILES string of the molecule is CC(=O)C[C@@H]1OC(=O)C(Oc2ccccc2)=C1Cl. The highest BCUT2D eigenvalue weighted by atomic mass is 35.5. The first-order chi connectivity index (χ1) is 8.58. The summed E-state index contributed by atoms with van der Waals surface area (Å²) in [5, 5.41) is 0.138. The third kappa shape index (κ3) is 2.71. The summed E-state index contributed by atoms with van der Waals surface area (Å²) in [5.74, 6) is -0.304. The third-order valence-electron chi connectivity index (χ3n) is 2.37. The van der Waals surface area contributed by atoms with E-state index in [2.05, 4.69) is 0 Å². The van der Waals surface area contributed by atoms with Gasteiger partial charge in [0.25, 0.3) is 0 Å². The Balaban J connectivity index is 2.18. The van der Waals surface area contributed by atoms with Gasteiger partial charge in [-0.15, -0.1) is 0 Å². The first-order valence-corrected chi connectivity index (χ1v) is 5.78. The molecule has 0 N–H and O–H groups in total. The number of hydrogen-bond acceptors (Lipinski definition) is 4. The van der Waals surface area contributed by atoms with Crippen molar-refractivity contribution in [1.82, 2.24) is 0 Å². The van der Waals surface area contributed by atoms with Gasteiger partial charge in [-0.2, -0.15) is 0 Å². The number of benzene rings is 1. The molecule has 0 aliphatic carbocycles. The molecule has 0 fully saturated rings. The maximum atomic E-state index is 11.6. The Labute approximate surface area is 109 Å². The molecule has 1 aromatic rings. The molecule has 0 saturated carbocycles. The van der Waals surface area contributed by atoms with E-state index in [-0.39, 0.29) is 23.0 Å². The van der Waals surface area contributed by atoms with Gasteiger partial charge in [0, 0.05) is 6.42 Å². The molecule has 0 amide bonds. The fourth-order valence-corrected chi connectivity index (χ4v) is 1.80. The van der Waals surface area contributed by atoms with Crippen LogP contribution in [0.3, 0.4) is 0 Å². The summed E-state index contributed by atoms with van der Waals surface area (Å²) >= 11 is 5.99. The Hall–Kier alpha value is -1.81. The van der Waals surface area contributed by atoms with Crippen LogP contribution in [-0.4, -0.2) is 17.9 Å². The molecule has 0 saturated heterocycles. The largest absolute Gasteiger partial charge is 0.450 e. The Bertz CT molecular complexity index is 507. The van der Waals surface area contributed by atoms with E-state index in [1.807, 2.05) is 6.07 Å². The number of esters is 1. The summed E-state index contributed by atoms with van der Waals surface area (Å²) in [4.78, 5) is 22.6. The maximum Gasteiger partial charge on any atom is 0.376 e. The number of cyclic esters (lactones) is 1. The molecule has 4 nitrogen and oxygen atoms in total. The molecule has 0 aromatic heterocycles. The zero-order valence-electron chi connectivity index (χ0n) is 9.68. The molecule has 1 atom stereocenters. The van der Waals surface area contributed by atoms with Gasteiger partial charge in [0.2, 0.25) is 5.76 Å². The monoisotopic (exact) mass is 266 g/mol. The normalized spacial score (nSPS) is 18.8. The van der Waals surface area contributed by atoms with Crippen molar-refractivity contribution in [2.75, 3.05) is 0 Å². The van der Waals surface area contributed by atoms with Crippen molar-refractivity contribution in [2.24, 2.45) is 0 Å². The lowest BCUT2D eigenvalue weighted by Crippen LogP contribution is -2.13. The zero-order valence-corrected chi connectivity index (χ0v) is 10.4. The summed E-state index contributed by atoms with van der Waals surface area (Å²) in [6.07, 6.45) is -0.665. The summed E-state index contributed by atoms with van der Waals surface area (Å²) in [5.41, 5.74) is 0. The quantitative estimate of drug-likeness (QED) is 0.786. The summed E-state index contributed by atoms with van der Waals surface area (Å²) in [7, 11) is 0. The molecular formula is C13H11ClO4. The average Bonchev–Trinajstić information content (AvgIpc) is 2.58. The van der Waals surface area contributed by atoms with Crippen LogP contribution in [0.1, 0.15) is 13.3 Å². The molecule has 0 radical (unpaired) electrons. The highest BCUT2D eigenvalue weighted by Crippen LogP contribution is 2.30. The fourth-order valence-electron chi connectivity index (χ4n) is 1.57. The van der Waals surface area contributed by atoms with E-state index in [0.29, 0.717) is 5.75 Å². The van der Waals surface area contributed by atoms with Crippen LogP contribution in [0.25, 0.3) is 0 Å². The van der Waals surface area contributed by atoms with E-state index in [9.17, 15) is 9.59 Å². The van der Waals surface area contributed by atoms with Gasteiger partial charge in [-0.1, -0.05) is 29.8 Å². The van der Waals surface area contributed by atoms with Gasteiger partial charge in [-0.05, 0) is 19.1 Å². The molecule has 94 valence electrons. The van der Waals surface area contributed by atoms with Crippen LogP contribution in [-0.2, 0) is 14.3 Å². The fraction of sp³-hybridized carbons (Fsp3) is 0.231. The highest BCUT2D eigenvalue weighted by Gasteiger charge is 2.35. The van der Waals surface area contributed by atoms with Crippen molar-refractivity contribution < 1.29 is 19.1 Å². The number of para-hydroxylation sites is 1. The second kappa shape index (κ2) is 5.23.